The zero-order valence-corrected chi connectivity index (χ0v) is 14.5. The minimum Gasteiger partial charge on any atom is -0.313 e. The van der Waals surface area contributed by atoms with Gasteiger partial charge in [-0.1, -0.05) is 44.6 Å². The molecule has 2 rings (SSSR count). The SMILES string of the molecule is CCC(C)(C)c1ccc(S(=O)(=O)NCC2=CCNCC2)cc1. The van der Waals surface area contributed by atoms with Crippen molar-refractivity contribution in [3.63, 3.8) is 0 Å². The molecule has 0 atom stereocenters. The quantitative estimate of drug-likeness (QED) is 0.792. The maximum Gasteiger partial charge on any atom is 0.240 e. The predicted octanol–water partition coefficient (Wildman–Crippen LogP) is 2.57. The van der Waals surface area contributed by atoms with Gasteiger partial charge in [-0.15, -0.1) is 0 Å². The van der Waals surface area contributed by atoms with Crippen molar-refractivity contribution in [3.8, 4) is 0 Å². The predicted molar refractivity (Wildman–Crippen MR) is 90.5 cm³/mol. The minimum absolute atomic E-state index is 0.0651. The molecule has 0 unspecified atom stereocenters. The minimum atomic E-state index is -3.44. The summed E-state index contributed by atoms with van der Waals surface area (Å²) >= 11 is 0. The van der Waals surface area contributed by atoms with Crippen molar-refractivity contribution in [2.45, 2.75) is 43.9 Å². The molecular weight excluding hydrogens is 296 g/mol. The molecule has 1 aromatic carbocycles. The fraction of sp³-hybridized carbons (Fsp3) is 0.529. The molecule has 0 fully saturated rings. The zero-order valence-electron chi connectivity index (χ0n) is 13.6. The summed E-state index contributed by atoms with van der Waals surface area (Å²) < 4.78 is 27.4. The first-order valence-electron chi connectivity index (χ1n) is 7.84. The second kappa shape index (κ2) is 6.94. The summed E-state index contributed by atoms with van der Waals surface area (Å²) in [6.45, 7) is 8.59. The third-order valence-corrected chi connectivity index (χ3v) is 5.89. The molecule has 0 radical (unpaired) electrons. The molecule has 122 valence electrons. The van der Waals surface area contributed by atoms with Crippen molar-refractivity contribution >= 4 is 10.0 Å². The average Bonchev–Trinajstić information content (AvgIpc) is 2.54. The normalized spacial score (nSPS) is 16.4. The Morgan fingerprint density at radius 2 is 1.91 bits per heavy atom. The van der Waals surface area contributed by atoms with E-state index in [1.807, 2.05) is 12.1 Å². The van der Waals surface area contributed by atoms with E-state index in [0.29, 0.717) is 11.4 Å². The number of rotatable bonds is 6. The Balaban J connectivity index is 2.07. The molecule has 0 amide bonds. The highest BCUT2D eigenvalue weighted by atomic mass is 32.2. The lowest BCUT2D eigenvalue weighted by Crippen LogP contribution is -2.29. The highest BCUT2D eigenvalue weighted by Gasteiger charge is 2.20. The van der Waals surface area contributed by atoms with Gasteiger partial charge in [-0.3, -0.25) is 0 Å². The summed E-state index contributed by atoms with van der Waals surface area (Å²) in [5, 5.41) is 3.22. The number of hydrogen-bond donors (Lipinski definition) is 2. The second-order valence-electron chi connectivity index (χ2n) is 6.40. The van der Waals surface area contributed by atoms with E-state index in [1.54, 1.807) is 12.1 Å². The van der Waals surface area contributed by atoms with Crippen LogP contribution in [0.3, 0.4) is 0 Å². The Morgan fingerprint density at radius 1 is 1.23 bits per heavy atom. The van der Waals surface area contributed by atoms with Crippen LogP contribution >= 0.6 is 0 Å². The number of hydrogen-bond acceptors (Lipinski definition) is 3. The molecule has 1 aliphatic rings. The number of benzene rings is 1. The fourth-order valence-electron chi connectivity index (χ4n) is 2.39. The van der Waals surface area contributed by atoms with Crippen LogP contribution in [0.2, 0.25) is 0 Å². The summed E-state index contributed by atoms with van der Waals surface area (Å²) in [6.07, 6.45) is 3.96. The maximum absolute atomic E-state index is 12.4. The van der Waals surface area contributed by atoms with Gasteiger partial charge < -0.3 is 5.32 Å². The lowest BCUT2D eigenvalue weighted by Gasteiger charge is -2.23. The Kier molecular flexibility index (Phi) is 5.42. The van der Waals surface area contributed by atoms with Gasteiger partial charge in [0, 0.05) is 13.1 Å². The monoisotopic (exact) mass is 322 g/mol. The van der Waals surface area contributed by atoms with E-state index in [4.69, 9.17) is 0 Å². The molecule has 22 heavy (non-hydrogen) atoms. The van der Waals surface area contributed by atoms with Crippen LogP contribution in [0, 0.1) is 0 Å². The highest BCUT2D eigenvalue weighted by molar-refractivity contribution is 7.89. The van der Waals surface area contributed by atoms with Crippen LogP contribution in [-0.4, -0.2) is 28.1 Å². The van der Waals surface area contributed by atoms with E-state index in [9.17, 15) is 8.42 Å². The van der Waals surface area contributed by atoms with Gasteiger partial charge in [0.05, 0.1) is 4.90 Å². The highest BCUT2D eigenvalue weighted by Crippen LogP contribution is 2.27. The van der Waals surface area contributed by atoms with E-state index < -0.39 is 10.0 Å². The fourth-order valence-corrected chi connectivity index (χ4v) is 3.43. The van der Waals surface area contributed by atoms with Crippen molar-refractivity contribution in [3.05, 3.63) is 41.5 Å². The van der Waals surface area contributed by atoms with Crippen LogP contribution in [0.1, 0.15) is 39.2 Å². The maximum atomic E-state index is 12.4. The molecule has 2 N–H and O–H groups in total. The van der Waals surface area contributed by atoms with Crippen molar-refractivity contribution in [1.29, 1.82) is 0 Å². The van der Waals surface area contributed by atoms with Crippen molar-refractivity contribution in [2.24, 2.45) is 0 Å². The van der Waals surface area contributed by atoms with Crippen molar-refractivity contribution in [1.82, 2.24) is 10.0 Å². The van der Waals surface area contributed by atoms with Gasteiger partial charge in [0.1, 0.15) is 0 Å². The van der Waals surface area contributed by atoms with E-state index in [2.05, 4.69) is 36.9 Å². The standard InChI is InChI=1S/C17H26N2O2S/c1-4-17(2,3)15-5-7-16(8-6-15)22(20,21)19-13-14-9-11-18-12-10-14/h5-9,18-19H,4,10-13H2,1-3H3. The molecule has 1 heterocycles. The van der Waals surface area contributed by atoms with Crippen LogP contribution in [0.25, 0.3) is 0 Å². The van der Waals surface area contributed by atoms with Gasteiger partial charge in [-0.05, 0) is 42.5 Å². The molecule has 0 saturated carbocycles. The first-order chi connectivity index (χ1) is 10.3. The van der Waals surface area contributed by atoms with Gasteiger partial charge in [0.25, 0.3) is 0 Å². The second-order valence-corrected chi connectivity index (χ2v) is 8.17. The largest absolute Gasteiger partial charge is 0.313 e. The van der Waals surface area contributed by atoms with E-state index in [1.165, 1.54) is 0 Å². The molecule has 0 aromatic heterocycles. The molecule has 1 aliphatic heterocycles. The Hall–Kier alpha value is -1.17. The van der Waals surface area contributed by atoms with Gasteiger partial charge in [0.2, 0.25) is 10.0 Å². The Labute approximate surface area is 134 Å². The van der Waals surface area contributed by atoms with Gasteiger partial charge in [-0.25, -0.2) is 13.1 Å². The molecular formula is C17H26N2O2S. The summed E-state index contributed by atoms with van der Waals surface area (Å²) in [4.78, 5) is 0.331. The van der Waals surface area contributed by atoms with E-state index >= 15 is 0 Å². The molecule has 0 bridgehead atoms. The van der Waals surface area contributed by atoms with Gasteiger partial charge >= 0.3 is 0 Å². The van der Waals surface area contributed by atoms with Crippen LogP contribution in [0.15, 0.2) is 40.8 Å². The summed E-state index contributed by atoms with van der Waals surface area (Å²) in [5.41, 5.74) is 2.37. The molecule has 1 aromatic rings. The van der Waals surface area contributed by atoms with Gasteiger partial charge in [0.15, 0.2) is 0 Å². The summed E-state index contributed by atoms with van der Waals surface area (Å²) in [6, 6.07) is 7.24. The topological polar surface area (TPSA) is 58.2 Å². The average molecular weight is 322 g/mol. The molecule has 0 saturated heterocycles. The van der Waals surface area contributed by atoms with Gasteiger partial charge in [-0.2, -0.15) is 0 Å². The summed E-state index contributed by atoms with van der Waals surface area (Å²) in [7, 11) is -3.44. The molecule has 4 nitrogen and oxygen atoms in total. The first-order valence-corrected chi connectivity index (χ1v) is 9.32. The first kappa shape index (κ1) is 17.2. The Bertz CT molecular complexity index is 631. The third-order valence-electron chi connectivity index (χ3n) is 4.48. The molecule has 0 aliphatic carbocycles. The Morgan fingerprint density at radius 3 is 2.45 bits per heavy atom. The van der Waals surface area contributed by atoms with Crippen LogP contribution in [-0.2, 0) is 15.4 Å². The lowest BCUT2D eigenvalue weighted by atomic mass is 9.82. The van der Waals surface area contributed by atoms with Crippen LogP contribution in [0.5, 0.6) is 0 Å². The van der Waals surface area contributed by atoms with E-state index in [0.717, 1.165) is 37.1 Å². The molecule has 5 heteroatoms. The lowest BCUT2D eigenvalue weighted by molar-refractivity contribution is 0.505. The van der Waals surface area contributed by atoms with Crippen molar-refractivity contribution in [2.75, 3.05) is 19.6 Å². The van der Waals surface area contributed by atoms with Crippen LogP contribution in [0.4, 0.5) is 0 Å². The number of sulfonamides is 1. The zero-order chi connectivity index (χ0) is 16.2. The van der Waals surface area contributed by atoms with E-state index in [-0.39, 0.29) is 5.41 Å². The molecule has 0 spiro atoms. The summed E-state index contributed by atoms with van der Waals surface area (Å²) in [5.74, 6) is 0. The van der Waals surface area contributed by atoms with Crippen molar-refractivity contribution < 1.29 is 8.42 Å². The van der Waals surface area contributed by atoms with Crippen LogP contribution < -0.4 is 10.0 Å². The number of nitrogens with one attached hydrogen (secondary N) is 2. The third kappa shape index (κ3) is 4.18. The smallest absolute Gasteiger partial charge is 0.240 e.